The number of carbonyl (C=O) groups is 1. The second kappa shape index (κ2) is 5.79. The molecule has 0 aliphatic rings. The summed E-state index contributed by atoms with van der Waals surface area (Å²) in [4.78, 5) is 13.1. The molecule has 7 heteroatoms. The van der Waals surface area contributed by atoms with Crippen LogP contribution in [0.2, 0.25) is 0 Å². The number of carbonyl (C=O) groups excluding carboxylic acids is 1. The highest BCUT2D eigenvalue weighted by atomic mass is 79.9. The van der Waals surface area contributed by atoms with Crippen LogP contribution in [0.1, 0.15) is 10.4 Å². The van der Waals surface area contributed by atoms with E-state index in [0.717, 1.165) is 6.26 Å². The molecule has 0 saturated carbocycles. The summed E-state index contributed by atoms with van der Waals surface area (Å²) in [5, 5.41) is 0. The van der Waals surface area contributed by atoms with Gasteiger partial charge in [-0.15, -0.1) is 0 Å². The molecule has 100 valence electrons. The SMILES string of the molecule is CN(CCS(C)(=O)=O)C(=O)c1cc(Br)ccc1F. The van der Waals surface area contributed by atoms with Crippen LogP contribution in [-0.4, -0.2) is 44.8 Å². The molecule has 0 aliphatic heterocycles. The maximum absolute atomic E-state index is 13.5. The van der Waals surface area contributed by atoms with E-state index in [4.69, 9.17) is 0 Å². The van der Waals surface area contributed by atoms with Gasteiger partial charge in [0.05, 0.1) is 11.3 Å². The van der Waals surface area contributed by atoms with Gasteiger partial charge in [-0.1, -0.05) is 15.9 Å². The first-order valence-electron chi connectivity index (χ1n) is 5.09. The van der Waals surface area contributed by atoms with Crippen molar-refractivity contribution in [2.75, 3.05) is 25.6 Å². The van der Waals surface area contributed by atoms with Crippen molar-refractivity contribution in [1.29, 1.82) is 0 Å². The average Bonchev–Trinajstić information content (AvgIpc) is 2.27. The molecular weight excluding hydrogens is 325 g/mol. The molecule has 0 heterocycles. The summed E-state index contributed by atoms with van der Waals surface area (Å²) < 4.78 is 36.0. The fraction of sp³-hybridized carbons (Fsp3) is 0.364. The van der Waals surface area contributed by atoms with E-state index in [1.54, 1.807) is 0 Å². The zero-order valence-electron chi connectivity index (χ0n) is 9.98. The summed E-state index contributed by atoms with van der Waals surface area (Å²) in [6, 6.07) is 4.04. The lowest BCUT2D eigenvalue weighted by Crippen LogP contribution is -2.32. The minimum atomic E-state index is -3.15. The van der Waals surface area contributed by atoms with Crippen molar-refractivity contribution in [3.05, 3.63) is 34.1 Å². The van der Waals surface area contributed by atoms with Crippen molar-refractivity contribution in [1.82, 2.24) is 4.90 Å². The van der Waals surface area contributed by atoms with Crippen LogP contribution >= 0.6 is 15.9 Å². The highest BCUT2D eigenvalue weighted by Crippen LogP contribution is 2.16. The third-order valence-corrected chi connectivity index (χ3v) is 3.72. The molecule has 0 fully saturated rings. The fourth-order valence-corrected chi connectivity index (χ4v) is 2.24. The largest absolute Gasteiger partial charge is 0.341 e. The third-order valence-electron chi connectivity index (χ3n) is 2.30. The molecule has 18 heavy (non-hydrogen) atoms. The maximum atomic E-state index is 13.5. The second-order valence-corrected chi connectivity index (χ2v) is 7.16. The Kier molecular flexibility index (Phi) is 4.86. The zero-order chi connectivity index (χ0) is 13.9. The topological polar surface area (TPSA) is 54.5 Å². The quantitative estimate of drug-likeness (QED) is 0.840. The van der Waals surface area contributed by atoms with Crippen LogP contribution in [0.4, 0.5) is 4.39 Å². The van der Waals surface area contributed by atoms with E-state index in [0.29, 0.717) is 4.47 Å². The van der Waals surface area contributed by atoms with Gasteiger partial charge >= 0.3 is 0 Å². The van der Waals surface area contributed by atoms with Gasteiger partial charge in [0.2, 0.25) is 0 Å². The number of hydrogen-bond donors (Lipinski definition) is 0. The molecule has 0 saturated heterocycles. The Bertz CT molecular complexity index is 559. The van der Waals surface area contributed by atoms with Gasteiger partial charge in [-0.25, -0.2) is 12.8 Å². The van der Waals surface area contributed by atoms with Crippen LogP contribution in [-0.2, 0) is 9.84 Å². The number of sulfone groups is 1. The number of rotatable bonds is 4. The molecule has 0 atom stereocenters. The van der Waals surface area contributed by atoms with Crippen molar-refractivity contribution in [2.24, 2.45) is 0 Å². The first kappa shape index (κ1) is 15.1. The number of benzene rings is 1. The summed E-state index contributed by atoms with van der Waals surface area (Å²) in [5.41, 5.74) is -0.0830. The van der Waals surface area contributed by atoms with E-state index in [9.17, 15) is 17.6 Å². The summed E-state index contributed by atoms with van der Waals surface area (Å²) in [6.45, 7) is 0.0314. The van der Waals surface area contributed by atoms with Gasteiger partial charge < -0.3 is 4.90 Å². The van der Waals surface area contributed by atoms with Crippen LogP contribution in [0, 0.1) is 5.82 Å². The third kappa shape index (κ3) is 4.38. The monoisotopic (exact) mass is 337 g/mol. The summed E-state index contributed by atoms with van der Waals surface area (Å²) >= 11 is 3.15. The molecule has 0 N–H and O–H groups in total. The minimum absolute atomic E-state index is 0.0314. The van der Waals surface area contributed by atoms with Crippen LogP contribution in [0.5, 0.6) is 0 Å². The highest BCUT2D eigenvalue weighted by Gasteiger charge is 2.17. The van der Waals surface area contributed by atoms with Gasteiger partial charge in [0.15, 0.2) is 0 Å². The van der Waals surface area contributed by atoms with E-state index in [1.165, 1.54) is 30.1 Å². The number of nitrogens with zero attached hydrogens (tertiary/aromatic N) is 1. The van der Waals surface area contributed by atoms with Crippen molar-refractivity contribution in [2.45, 2.75) is 0 Å². The van der Waals surface area contributed by atoms with Gasteiger partial charge in [-0.2, -0.15) is 0 Å². The van der Waals surface area contributed by atoms with Gasteiger partial charge in [0.25, 0.3) is 5.91 Å². The zero-order valence-corrected chi connectivity index (χ0v) is 12.4. The first-order valence-corrected chi connectivity index (χ1v) is 7.94. The minimum Gasteiger partial charge on any atom is -0.341 e. The van der Waals surface area contributed by atoms with E-state index in [-0.39, 0.29) is 17.9 Å². The Hall–Kier alpha value is -0.950. The number of halogens is 2. The van der Waals surface area contributed by atoms with Crippen molar-refractivity contribution >= 4 is 31.7 Å². The molecule has 1 rings (SSSR count). The van der Waals surface area contributed by atoms with E-state index in [1.807, 2.05) is 0 Å². The standard InChI is InChI=1S/C11H13BrFNO3S/c1-14(5-6-18(2,16)17)11(15)9-7-8(12)3-4-10(9)13/h3-4,7H,5-6H2,1-2H3. The predicted molar refractivity (Wildman–Crippen MR) is 70.8 cm³/mol. The molecule has 1 aromatic rings. The molecular formula is C11H13BrFNO3S. The molecule has 1 aromatic carbocycles. The molecule has 0 aromatic heterocycles. The Morgan fingerprint density at radius 1 is 1.44 bits per heavy atom. The van der Waals surface area contributed by atoms with Crippen LogP contribution in [0.3, 0.4) is 0 Å². The lowest BCUT2D eigenvalue weighted by Gasteiger charge is -2.17. The molecule has 1 amide bonds. The normalized spacial score (nSPS) is 11.3. The first-order chi connectivity index (χ1) is 8.20. The van der Waals surface area contributed by atoms with Crippen LogP contribution in [0.15, 0.2) is 22.7 Å². The van der Waals surface area contributed by atoms with E-state index < -0.39 is 21.6 Å². The molecule has 4 nitrogen and oxygen atoms in total. The molecule has 0 bridgehead atoms. The Morgan fingerprint density at radius 3 is 2.61 bits per heavy atom. The Balaban J connectivity index is 2.83. The van der Waals surface area contributed by atoms with Crippen LogP contribution in [0.25, 0.3) is 0 Å². The second-order valence-electron chi connectivity index (χ2n) is 3.98. The lowest BCUT2D eigenvalue weighted by atomic mass is 10.2. The fourth-order valence-electron chi connectivity index (χ4n) is 1.27. The number of amides is 1. The lowest BCUT2D eigenvalue weighted by molar-refractivity contribution is 0.0799. The van der Waals surface area contributed by atoms with Gasteiger partial charge in [-0.05, 0) is 18.2 Å². The van der Waals surface area contributed by atoms with Crippen molar-refractivity contribution in [3.63, 3.8) is 0 Å². The predicted octanol–water partition coefficient (Wildman–Crippen LogP) is 1.70. The van der Waals surface area contributed by atoms with E-state index in [2.05, 4.69) is 15.9 Å². The molecule has 0 spiro atoms. The maximum Gasteiger partial charge on any atom is 0.256 e. The number of hydrogen-bond acceptors (Lipinski definition) is 3. The molecule has 0 radical (unpaired) electrons. The van der Waals surface area contributed by atoms with Gasteiger partial charge in [-0.3, -0.25) is 4.79 Å². The highest BCUT2D eigenvalue weighted by molar-refractivity contribution is 9.10. The Labute approximate surface area is 114 Å². The summed E-state index contributed by atoms with van der Waals surface area (Å²) in [6.07, 6.45) is 1.09. The van der Waals surface area contributed by atoms with Gasteiger partial charge in [0, 0.05) is 24.3 Å². The van der Waals surface area contributed by atoms with Crippen LogP contribution < -0.4 is 0 Å². The molecule has 0 unspecified atom stereocenters. The Morgan fingerprint density at radius 2 is 2.06 bits per heavy atom. The van der Waals surface area contributed by atoms with E-state index >= 15 is 0 Å². The van der Waals surface area contributed by atoms with Crippen molar-refractivity contribution in [3.8, 4) is 0 Å². The summed E-state index contributed by atoms with van der Waals surface area (Å²) in [7, 11) is -1.71. The smallest absolute Gasteiger partial charge is 0.256 e. The summed E-state index contributed by atoms with van der Waals surface area (Å²) in [5.74, 6) is -1.32. The van der Waals surface area contributed by atoms with Crippen molar-refractivity contribution < 1.29 is 17.6 Å². The van der Waals surface area contributed by atoms with Gasteiger partial charge in [0.1, 0.15) is 15.7 Å². The molecule has 0 aliphatic carbocycles. The average molecular weight is 338 g/mol.